The summed E-state index contributed by atoms with van der Waals surface area (Å²) in [7, 11) is 3.45. The standard InChI is InChI=1S/C15H24N2O2/c1-11-8-12(6-7-13(11)19-5)10-17(4)14(18)9-15(2,3)16/h6-8H,9-10,16H2,1-5H3. The highest BCUT2D eigenvalue weighted by Gasteiger charge is 2.19. The highest BCUT2D eigenvalue weighted by atomic mass is 16.5. The Morgan fingerprint density at radius 1 is 1.42 bits per heavy atom. The number of benzene rings is 1. The zero-order chi connectivity index (χ0) is 14.6. The number of nitrogens with zero attached hydrogens (tertiary/aromatic N) is 1. The second-order valence-corrected chi connectivity index (χ2v) is 5.72. The van der Waals surface area contributed by atoms with Gasteiger partial charge in [-0.25, -0.2) is 0 Å². The molecule has 4 heteroatoms. The molecular weight excluding hydrogens is 240 g/mol. The van der Waals surface area contributed by atoms with Crippen molar-refractivity contribution in [3.63, 3.8) is 0 Å². The minimum absolute atomic E-state index is 0.0565. The molecule has 4 nitrogen and oxygen atoms in total. The summed E-state index contributed by atoms with van der Waals surface area (Å²) in [6.45, 7) is 6.29. The third kappa shape index (κ3) is 4.91. The van der Waals surface area contributed by atoms with Crippen molar-refractivity contribution in [1.82, 2.24) is 4.90 Å². The Bertz CT molecular complexity index is 450. The van der Waals surface area contributed by atoms with E-state index in [0.717, 1.165) is 16.9 Å². The molecule has 0 aliphatic carbocycles. The smallest absolute Gasteiger partial charge is 0.224 e. The topological polar surface area (TPSA) is 55.6 Å². The summed E-state index contributed by atoms with van der Waals surface area (Å²) in [6, 6.07) is 5.94. The van der Waals surface area contributed by atoms with Gasteiger partial charge in [-0.3, -0.25) is 4.79 Å². The molecule has 1 rings (SSSR count). The Morgan fingerprint density at radius 2 is 2.05 bits per heavy atom. The fraction of sp³-hybridized carbons (Fsp3) is 0.533. The number of ether oxygens (including phenoxy) is 1. The molecule has 1 amide bonds. The van der Waals surface area contributed by atoms with Gasteiger partial charge in [0.2, 0.25) is 5.91 Å². The van der Waals surface area contributed by atoms with Crippen LogP contribution in [0, 0.1) is 6.92 Å². The lowest BCUT2D eigenvalue weighted by molar-refractivity contribution is -0.131. The fourth-order valence-corrected chi connectivity index (χ4v) is 1.93. The van der Waals surface area contributed by atoms with Gasteiger partial charge in [0.15, 0.2) is 0 Å². The van der Waals surface area contributed by atoms with Gasteiger partial charge in [0.1, 0.15) is 5.75 Å². The normalized spacial score (nSPS) is 11.3. The maximum Gasteiger partial charge on any atom is 0.224 e. The molecule has 0 radical (unpaired) electrons. The van der Waals surface area contributed by atoms with Gasteiger partial charge in [0.25, 0.3) is 0 Å². The maximum atomic E-state index is 12.0. The predicted molar refractivity (Wildman–Crippen MR) is 77.1 cm³/mol. The number of rotatable bonds is 5. The van der Waals surface area contributed by atoms with Crippen LogP contribution in [0.3, 0.4) is 0 Å². The molecule has 0 aliphatic heterocycles. The fourth-order valence-electron chi connectivity index (χ4n) is 1.93. The van der Waals surface area contributed by atoms with E-state index in [2.05, 4.69) is 0 Å². The number of carbonyl (C=O) groups excluding carboxylic acids is 1. The van der Waals surface area contributed by atoms with Gasteiger partial charge < -0.3 is 15.4 Å². The maximum absolute atomic E-state index is 12.0. The van der Waals surface area contributed by atoms with Crippen LogP contribution in [0.1, 0.15) is 31.4 Å². The molecule has 0 saturated heterocycles. The first kappa shape index (κ1) is 15.5. The molecule has 0 heterocycles. The summed E-state index contributed by atoms with van der Waals surface area (Å²) in [5, 5.41) is 0. The van der Waals surface area contributed by atoms with Crippen LogP contribution in [-0.4, -0.2) is 30.5 Å². The Morgan fingerprint density at radius 3 is 2.53 bits per heavy atom. The van der Waals surface area contributed by atoms with Crippen molar-refractivity contribution in [2.45, 2.75) is 39.3 Å². The third-order valence-electron chi connectivity index (χ3n) is 2.91. The van der Waals surface area contributed by atoms with E-state index >= 15 is 0 Å². The van der Waals surface area contributed by atoms with Gasteiger partial charge in [-0.05, 0) is 38.0 Å². The van der Waals surface area contributed by atoms with E-state index in [-0.39, 0.29) is 5.91 Å². The molecular formula is C15H24N2O2. The summed E-state index contributed by atoms with van der Waals surface area (Å²) in [6.07, 6.45) is 0.346. The molecule has 1 aromatic carbocycles. The minimum Gasteiger partial charge on any atom is -0.496 e. The number of hydrogen-bond acceptors (Lipinski definition) is 3. The summed E-state index contributed by atoms with van der Waals surface area (Å²) in [4.78, 5) is 13.7. The van der Waals surface area contributed by atoms with Crippen LogP contribution in [0.2, 0.25) is 0 Å². The highest BCUT2D eigenvalue weighted by molar-refractivity contribution is 5.77. The van der Waals surface area contributed by atoms with E-state index in [1.54, 1.807) is 19.1 Å². The Labute approximate surface area is 115 Å². The molecule has 0 aliphatic rings. The second-order valence-electron chi connectivity index (χ2n) is 5.72. The van der Waals surface area contributed by atoms with Gasteiger partial charge in [0, 0.05) is 25.6 Å². The van der Waals surface area contributed by atoms with Gasteiger partial charge in [-0.2, -0.15) is 0 Å². The van der Waals surface area contributed by atoms with Crippen LogP contribution >= 0.6 is 0 Å². The molecule has 106 valence electrons. The van der Waals surface area contributed by atoms with Gasteiger partial charge in [-0.15, -0.1) is 0 Å². The van der Waals surface area contributed by atoms with E-state index in [9.17, 15) is 4.79 Å². The molecule has 0 atom stereocenters. The van der Waals surface area contributed by atoms with E-state index in [1.807, 2.05) is 39.0 Å². The van der Waals surface area contributed by atoms with E-state index in [4.69, 9.17) is 10.5 Å². The summed E-state index contributed by atoms with van der Waals surface area (Å²) in [5.41, 5.74) is 7.55. The summed E-state index contributed by atoms with van der Waals surface area (Å²) >= 11 is 0. The molecule has 2 N–H and O–H groups in total. The predicted octanol–water partition coefficient (Wildman–Crippen LogP) is 2.09. The first-order chi connectivity index (χ1) is 8.73. The van der Waals surface area contributed by atoms with E-state index < -0.39 is 5.54 Å². The molecule has 0 saturated carbocycles. The van der Waals surface area contributed by atoms with Crippen molar-refractivity contribution in [2.75, 3.05) is 14.2 Å². The van der Waals surface area contributed by atoms with Crippen molar-refractivity contribution in [1.29, 1.82) is 0 Å². The molecule has 0 unspecified atom stereocenters. The van der Waals surface area contributed by atoms with Gasteiger partial charge in [-0.1, -0.05) is 12.1 Å². The van der Waals surface area contributed by atoms with E-state index in [0.29, 0.717) is 13.0 Å². The number of aryl methyl sites for hydroxylation is 1. The first-order valence-corrected chi connectivity index (χ1v) is 6.39. The summed E-state index contributed by atoms with van der Waals surface area (Å²) in [5.74, 6) is 0.918. The van der Waals surface area contributed by atoms with Crippen molar-refractivity contribution in [3.8, 4) is 5.75 Å². The molecule has 0 bridgehead atoms. The number of carbonyl (C=O) groups is 1. The van der Waals surface area contributed by atoms with Crippen LogP contribution in [0.4, 0.5) is 0 Å². The lowest BCUT2D eigenvalue weighted by Gasteiger charge is -2.23. The zero-order valence-electron chi connectivity index (χ0n) is 12.5. The Hall–Kier alpha value is -1.55. The van der Waals surface area contributed by atoms with Crippen LogP contribution in [0.5, 0.6) is 5.75 Å². The summed E-state index contributed by atoms with van der Waals surface area (Å²) < 4.78 is 5.22. The average Bonchev–Trinajstić information content (AvgIpc) is 2.27. The molecule has 0 fully saturated rings. The monoisotopic (exact) mass is 264 g/mol. The first-order valence-electron chi connectivity index (χ1n) is 6.39. The molecule has 19 heavy (non-hydrogen) atoms. The SMILES string of the molecule is COc1ccc(CN(C)C(=O)CC(C)(C)N)cc1C. The minimum atomic E-state index is -0.471. The van der Waals surface area contributed by atoms with Crippen molar-refractivity contribution >= 4 is 5.91 Å². The van der Waals surface area contributed by atoms with Crippen molar-refractivity contribution in [2.24, 2.45) is 5.73 Å². The van der Waals surface area contributed by atoms with Gasteiger partial charge >= 0.3 is 0 Å². The molecule has 0 spiro atoms. The number of amides is 1. The quantitative estimate of drug-likeness (QED) is 0.886. The second kappa shape index (κ2) is 6.06. The Balaban J connectivity index is 2.69. The Kier molecular flexibility index (Phi) is 4.95. The lowest BCUT2D eigenvalue weighted by Crippen LogP contribution is -2.39. The average molecular weight is 264 g/mol. The zero-order valence-corrected chi connectivity index (χ0v) is 12.5. The number of methoxy groups -OCH3 is 1. The van der Waals surface area contributed by atoms with Crippen LogP contribution in [0.25, 0.3) is 0 Å². The number of nitrogens with two attached hydrogens (primary N) is 1. The highest BCUT2D eigenvalue weighted by Crippen LogP contribution is 2.19. The third-order valence-corrected chi connectivity index (χ3v) is 2.91. The molecule has 0 aromatic heterocycles. The van der Waals surface area contributed by atoms with Crippen molar-refractivity contribution in [3.05, 3.63) is 29.3 Å². The van der Waals surface area contributed by atoms with Crippen molar-refractivity contribution < 1.29 is 9.53 Å². The lowest BCUT2D eigenvalue weighted by atomic mass is 10.0. The van der Waals surface area contributed by atoms with Crippen LogP contribution in [-0.2, 0) is 11.3 Å². The number of hydrogen-bond donors (Lipinski definition) is 1. The van der Waals surface area contributed by atoms with Crippen LogP contribution in [0.15, 0.2) is 18.2 Å². The van der Waals surface area contributed by atoms with Gasteiger partial charge in [0.05, 0.1) is 7.11 Å². The van der Waals surface area contributed by atoms with E-state index in [1.165, 1.54) is 0 Å². The molecule has 1 aromatic rings. The largest absolute Gasteiger partial charge is 0.496 e. The van der Waals surface area contributed by atoms with Crippen LogP contribution < -0.4 is 10.5 Å².